The van der Waals surface area contributed by atoms with Gasteiger partial charge in [-0.2, -0.15) is 0 Å². The van der Waals surface area contributed by atoms with Crippen molar-refractivity contribution in [3.8, 4) is 0 Å². The van der Waals surface area contributed by atoms with Gasteiger partial charge in [0.1, 0.15) is 5.82 Å². The van der Waals surface area contributed by atoms with E-state index < -0.39 is 0 Å². The average molecular weight is 322 g/mol. The summed E-state index contributed by atoms with van der Waals surface area (Å²) in [6.45, 7) is 1.90. The van der Waals surface area contributed by atoms with Crippen molar-refractivity contribution in [1.29, 1.82) is 0 Å². The fourth-order valence-corrected chi connectivity index (χ4v) is 2.41. The molecule has 1 N–H and O–H groups in total. The summed E-state index contributed by atoms with van der Waals surface area (Å²) in [7, 11) is 0. The van der Waals surface area contributed by atoms with Gasteiger partial charge in [-0.15, -0.1) is 0 Å². The van der Waals surface area contributed by atoms with E-state index in [1.54, 1.807) is 0 Å². The molecule has 19 heavy (non-hydrogen) atoms. The molecule has 4 heteroatoms. The minimum Gasteiger partial charge on any atom is -0.345 e. The first-order valence-corrected chi connectivity index (χ1v) is 6.68. The molecule has 0 aliphatic heterocycles. The van der Waals surface area contributed by atoms with Gasteiger partial charge in [-0.05, 0) is 42.8 Å². The summed E-state index contributed by atoms with van der Waals surface area (Å²) in [5, 5.41) is 2.88. The van der Waals surface area contributed by atoms with Gasteiger partial charge in [-0.25, -0.2) is 4.39 Å². The summed E-state index contributed by atoms with van der Waals surface area (Å²) in [5.74, 6) is -0.571. The van der Waals surface area contributed by atoms with Gasteiger partial charge < -0.3 is 5.32 Å². The Hall–Kier alpha value is -1.68. The zero-order chi connectivity index (χ0) is 13.8. The second kappa shape index (κ2) is 5.97. The molecule has 2 aromatic carbocycles. The molecule has 0 unspecified atom stereocenters. The Morgan fingerprint density at radius 2 is 1.79 bits per heavy atom. The number of hydrogen-bond donors (Lipinski definition) is 1. The van der Waals surface area contributed by atoms with Crippen LogP contribution in [0.25, 0.3) is 0 Å². The van der Waals surface area contributed by atoms with Crippen molar-refractivity contribution >= 4 is 21.8 Å². The molecule has 0 spiro atoms. The van der Waals surface area contributed by atoms with Crippen LogP contribution in [0.1, 0.15) is 28.9 Å². The van der Waals surface area contributed by atoms with Crippen LogP contribution in [0, 0.1) is 5.82 Å². The molecule has 1 atom stereocenters. The highest BCUT2D eigenvalue weighted by Gasteiger charge is 2.13. The third-order valence-electron chi connectivity index (χ3n) is 2.83. The molecule has 0 heterocycles. The Balaban J connectivity index is 2.11. The van der Waals surface area contributed by atoms with Crippen LogP contribution in [-0.2, 0) is 0 Å². The van der Waals surface area contributed by atoms with Gasteiger partial charge in [0.05, 0.1) is 6.04 Å². The van der Waals surface area contributed by atoms with Gasteiger partial charge >= 0.3 is 0 Å². The maximum Gasteiger partial charge on any atom is 0.251 e. The molecule has 2 aromatic rings. The van der Waals surface area contributed by atoms with E-state index in [0.717, 1.165) is 10.0 Å². The lowest BCUT2D eigenvalue weighted by Crippen LogP contribution is -2.26. The first-order chi connectivity index (χ1) is 9.08. The highest BCUT2D eigenvalue weighted by Crippen LogP contribution is 2.22. The fourth-order valence-electron chi connectivity index (χ4n) is 1.79. The fraction of sp³-hybridized carbons (Fsp3) is 0.133. The topological polar surface area (TPSA) is 29.1 Å². The summed E-state index contributed by atoms with van der Waals surface area (Å²) < 4.78 is 13.7. The third-order valence-corrected chi connectivity index (χ3v) is 3.55. The van der Waals surface area contributed by atoms with Gasteiger partial charge in [-0.3, -0.25) is 4.79 Å². The lowest BCUT2D eigenvalue weighted by atomic mass is 10.1. The number of carbonyl (C=O) groups excluding carboxylic acids is 1. The van der Waals surface area contributed by atoms with E-state index in [2.05, 4.69) is 21.2 Å². The first kappa shape index (κ1) is 13.7. The minimum absolute atomic E-state index is 0.131. The van der Waals surface area contributed by atoms with Crippen LogP contribution in [0.4, 0.5) is 4.39 Å². The van der Waals surface area contributed by atoms with Crippen LogP contribution in [0.3, 0.4) is 0 Å². The highest BCUT2D eigenvalue weighted by atomic mass is 79.9. The Morgan fingerprint density at radius 1 is 1.16 bits per heavy atom. The Kier molecular flexibility index (Phi) is 4.32. The Labute approximate surface area is 119 Å². The van der Waals surface area contributed by atoms with Crippen LogP contribution in [0.2, 0.25) is 0 Å². The Morgan fingerprint density at radius 3 is 2.42 bits per heavy atom. The minimum atomic E-state index is -0.351. The quantitative estimate of drug-likeness (QED) is 0.906. The lowest BCUT2D eigenvalue weighted by molar-refractivity contribution is 0.0939. The van der Waals surface area contributed by atoms with E-state index in [9.17, 15) is 9.18 Å². The molecule has 1 amide bonds. The van der Waals surface area contributed by atoms with Gasteiger partial charge in [0, 0.05) is 10.0 Å². The molecule has 0 aliphatic rings. The summed E-state index contributed by atoms with van der Waals surface area (Å²) >= 11 is 3.45. The Bertz CT molecular complexity index is 583. The second-order valence-corrected chi connectivity index (χ2v) is 5.08. The van der Waals surface area contributed by atoms with Crippen molar-refractivity contribution in [3.63, 3.8) is 0 Å². The van der Waals surface area contributed by atoms with Crippen molar-refractivity contribution in [1.82, 2.24) is 5.32 Å². The van der Waals surface area contributed by atoms with Gasteiger partial charge in [0.25, 0.3) is 5.91 Å². The van der Waals surface area contributed by atoms with E-state index in [4.69, 9.17) is 0 Å². The second-order valence-electron chi connectivity index (χ2n) is 4.22. The molecule has 98 valence electrons. The van der Waals surface area contributed by atoms with Gasteiger partial charge in [0.2, 0.25) is 0 Å². The number of amides is 1. The normalized spacial score (nSPS) is 11.9. The predicted molar refractivity (Wildman–Crippen MR) is 76.4 cm³/mol. The maximum atomic E-state index is 12.8. The number of halogens is 2. The van der Waals surface area contributed by atoms with Crippen molar-refractivity contribution in [2.75, 3.05) is 0 Å². The number of benzene rings is 2. The first-order valence-electron chi connectivity index (χ1n) is 5.89. The van der Waals surface area contributed by atoms with Gasteiger partial charge in [-0.1, -0.05) is 34.1 Å². The molecule has 0 bridgehead atoms. The largest absolute Gasteiger partial charge is 0.345 e. The summed E-state index contributed by atoms with van der Waals surface area (Å²) in [5.41, 5.74) is 1.44. The molecule has 0 aliphatic carbocycles. The molecule has 0 aromatic heterocycles. The monoisotopic (exact) mass is 321 g/mol. The molecule has 0 fully saturated rings. The number of nitrogens with one attached hydrogen (secondary N) is 1. The zero-order valence-corrected chi connectivity index (χ0v) is 11.9. The van der Waals surface area contributed by atoms with E-state index in [0.29, 0.717) is 5.56 Å². The molecule has 0 radical (unpaired) electrons. The van der Waals surface area contributed by atoms with E-state index >= 15 is 0 Å². The lowest BCUT2D eigenvalue weighted by Gasteiger charge is -2.15. The van der Waals surface area contributed by atoms with Crippen LogP contribution >= 0.6 is 15.9 Å². The highest BCUT2D eigenvalue weighted by molar-refractivity contribution is 9.10. The molecular weight excluding hydrogens is 309 g/mol. The number of rotatable bonds is 3. The maximum absolute atomic E-state index is 12.8. The standard InChI is InChI=1S/C15H13BrFNO/c1-10(13-4-2-3-5-14(13)16)18-15(19)11-6-8-12(17)9-7-11/h2-10H,1H3,(H,18,19)/t10-/m0/s1. The third kappa shape index (κ3) is 3.41. The van der Waals surface area contributed by atoms with Crippen molar-refractivity contribution < 1.29 is 9.18 Å². The van der Waals surface area contributed by atoms with E-state index in [1.165, 1.54) is 24.3 Å². The van der Waals surface area contributed by atoms with E-state index in [-0.39, 0.29) is 17.8 Å². The summed E-state index contributed by atoms with van der Waals surface area (Å²) in [6, 6.07) is 13.1. The van der Waals surface area contributed by atoms with Crippen molar-refractivity contribution in [3.05, 3.63) is 69.9 Å². The number of carbonyl (C=O) groups is 1. The van der Waals surface area contributed by atoms with Crippen molar-refractivity contribution in [2.24, 2.45) is 0 Å². The van der Waals surface area contributed by atoms with Crippen molar-refractivity contribution in [2.45, 2.75) is 13.0 Å². The SMILES string of the molecule is C[C@H](NC(=O)c1ccc(F)cc1)c1ccccc1Br. The van der Waals surface area contributed by atoms with Crippen LogP contribution in [0.5, 0.6) is 0 Å². The molecule has 2 rings (SSSR count). The molecular formula is C15H13BrFNO. The van der Waals surface area contributed by atoms with E-state index in [1.807, 2.05) is 31.2 Å². The smallest absolute Gasteiger partial charge is 0.251 e. The summed E-state index contributed by atoms with van der Waals surface area (Å²) in [6.07, 6.45) is 0. The van der Waals surface area contributed by atoms with Gasteiger partial charge in [0.15, 0.2) is 0 Å². The summed E-state index contributed by atoms with van der Waals surface area (Å²) in [4.78, 5) is 12.0. The van der Waals surface area contributed by atoms with Crippen LogP contribution in [-0.4, -0.2) is 5.91 Å². The van der Waals surface area contributed by atoms with Crippen LogP contribution < -0.4 is 5.32 Å². The molecule has 0 saturated carbocycles. The predicted octanol–water partition coefficient (Wildman–Crippen LogP) is 4.08. The zero-order valence-electron chi connectivity index (χ0n) is 10.4. The molecule has 0 saturated heterocycles. The number of hydrogen-bond acceptors (Lipinski definition) is 1. The average Bonchev–Trinajstić information content (AvgIpc) is 2.39. The molecule has 2 nitrogen and oxygen atoms in total. The van der Waals surface area contributed by atoms with Crippen LogP contribution in [0.15, 0.2) is 53.0 Å².